The lowest BCUT2D eigenvalue weighted by Gasteiger charge is -2.37. The zero-order valence-electron chi connectivity index (χ0n) is 19.2. The number of aromatic nitrogens is 2. The number of carbonyl (C=O) groups is 1. The zero-order valence-corrected chi connectivity index (χ0v) is 19.2. The Bertz CT molecular complexity index is 1220. The molecule has 2 aliphatic rings. The van der Waals surface area contributed by atoms with E-state index in [-0.39, 0.29) is 34.2 Å². The average Bonchev–Trinajstić information content (AvgIpc) is 3.39. The molecule has 1 aromatic heterocycles. The highest BCUT2D eigenvalue weighted by molar-refractivity contribution is 5.79. The fraction of sp³-hybridized carbons (Fsp3) is 0.400. The van der Waals surface area contributed by atoms with Crippen LogP contribution in [0.15, 0.2) is 53.1 Å². The van der Waals surface area contributed by atoms with Crippen molar-refractivity contribution in [1.29, 1.82) is 0 Å². The fourth-order valence-electron chi connectivity index (χ4n) is 5.04. The van der Waals surface area contributed by atoms with E-state index in [1.54, 1.807) is 30.3 Å². The Morgan fingerprint density at radius 2 is 1.89 bits per heavy atom. The Labute approximate surface area is 201 Å². The molecular weight excluding hydrogens is 453 g/mol. The minimum absolute atomic E-state index is 0.0606. The SMILES string of the molecule is O=C(C1CCN(c2ccccc2[N+](=O)[O-])CC1)N1CCCC(c2nc(-c3cccc(F)c3)no2)C1. The maximum atomic E-state index is 13.5. The molecule has 5 rings (SSSR count). The molecule has 0 saturated carbocycles. The third-order valence-electron chi connectivity index (χ3n) is 6.87. The molecule has 0 N–H and O–H groups in total. The van der Waals surface area contributed by atoms with E-state index in [2.05, 4.69) is 10.1 Å². The number of nitro benzene ring substituents is 1. The van der Waals surface area contributed by atoms with Gasteiger partial charge in [0.15, 0.2) is 0 Å². The lowest BCUT2D eigenvalue weighted by atomic mass is 9.92. The van der Waals surface area contributed by atoms with Crippen LogP contribution in [0.25, 0.3) is 11.4 Å². The standard InChI is InChI=1S/C25H26FN5O4/c26-20-7-3-5-18(15-20)23-27-24(35-28-23)19-6-4-12-30(16-19)25(32)17-10-13-29(14-11-17)21-8-1-2-9-22(21)31(33)34/h1-3,5,7-9,15,17,19H,4,6,10-14,16H2. The number of hydrogen-bond acceptors (Lipinski definition) is 7. The van der Waals surface area contributed by atoms with Crippen LogP contribution >= 0.6 is 0 Å². The third kappa shape index (κ3) is 4.87. The number of piperidine rings is 2. The molecule has 182 valence electrons. The lowest BCUT2D eigenvalue weighted by molar-refractivity contribution is -0.384. The van der Waals surface area contributed by atoms with Gasteiger partial charge in [0.1, 0.15) is 11.5 Å². The molecule has 0 radical (unpaired) electrons. The Hall–Kier alpha value is -3.82. The Morgan fingerprint density at radius 3 is 2.66 bits per heavy atom. The largest absolute Gasteiger partial charge is 0.366 e. The van der Waals surface area contributed by atoms with Crippen molar-refractivity contribution in [3.8, 4) is 11.4 Å². The second-order valence-electron chi connectivity index (χ2n) is 9.10. The summed E-state index contributed by atoms with van der Waals surface area (Å²) in [5.74, 6) is 0.379. The van der Waals surface area contributed by atoms with Crippen LogP contribution in [0.3, 0.4) is 0 Å². The number of benzene rings is 2. The summed E-state index contributed by atoms with van der Waals surface area (Å²) in [7, 11) is 0. The van der Waals surface area contributed by atoms with Gasteiger partial charge in [-0.3, -0.25) is 14.9 Å². The van der Waals surface area contributed by atoms with E-state index in [0.717, 1.165) is 12.8 Å². The molecule has 1 amide bonds. The number of nitro groups is 1. The summed E-state index contributed by atoms with van der Waals surface area (Å²) < 4.78 is 19.0. The molecule has 0 aliphatic carbocycles. The van der Waals surface area contributed by atoms with E-state index in [1.807, 2.05) is 9.80 Å². The number of nitrogens with zero attached hydrogens (tertiary/aromatic N) is 5. The first-order valence-electron chi connectivity index (χ1n) is 11.9. The van der Waals surface area contributed by atoms with Gasteiger partial charge in [0.2, 0.25) is 17.6 Å². The molecule has 3 aromatic rings. The van der Waals surface area contributed by atoms with Crippen LogP contribution < -0.4 is 4.90 Å². The van der Waals surface area contributed by atoms with Crippen molar-refractivity contribution in [3.63, 3.8) is 0 Å². The maximum absolute atomic E-state index is 13.5. The highest BCUT2D eigenvalue weighted by atomic mass is 19.1. The van der Waals surface area contributed by atoms with Crippen molar-refractivity contribution >= 4 is 17.3 Å². The lowest BCUT2D eigenvalue weighted by Crippen LogP contribution is -2.46. The van der Waals surface area contributed by atoms with Gasteiger partial charge >= 0.3 is 0 Å². The first-order valence-corrected chi connectivity index (χ1v) is 11.9. The van der Waals surface area contributed by atoms with Crippen LogP contribution in [0.5, 0.6) is 0 Å². The van der Waals surface area contributed by atoms with Crippen molar-refractivity contribution in [1.82, 2.24) is 15.0 Å². The summed E-state index contributed by atoms with van der Waals surface area (Å²) >= 11 is 0. The van der Waals surface area contributed by atoms with Gasteiger partial charge in [-0.25, -0.2) is 4.39 Å². The molecule has 2 aliphatic heterocycles. The van der Waals surface area contributed by atoms with Gasteiger partial charge in [0.05, 0.1) is 10.8 Å². The molecule has 0 spiro atoms. The van der Waals surface area contributed by atoms with Crippen molar-refractivity contribution in [2.75, 3.05) is 31.1 Å². The normalized spacial score (nSPS) is 19.1. The van der Waals surface area contributed by atoms with Crippen LogP contribution in [-0.2, 0) is 4.79 Å². The fourth-order valence-corrected chi connectivity index (χ4v) is 5.04. The number of halogens is 1. The van der Waals surface area contributed by atoms with Gasteiger partial charge in [-0.05, 0) is 43.9 Å². The van der Waals surface area contributed by atoms with E-state index in [1.165, 1.54) is 18.2 Å². The monoisotopic (exact) mass is 479 g/mol. The van der Waals surface area contributed by atoms with Crippen LogP contribution in [0, 0.1) is 21.8 Å². The number of rotatable bonds is 5. The minimum Gasteiger partial charge on any atom is -0.366 e. The van der Waals surface area contributed by atoms with E-state index >= 15 is 0 Å². The maximum Gasteiger partial charge on any atom is 0.292 e. The van der Waals surface area contributed by atoms with Gasteiger partial charge in [-0.2, -0.15) is 4.98 Å². The smallest absolute Gasteiger partial charge is 0.292 e. The molecule has 9 nitrogen and oxygen atoms in total. The summed E-state index contributed by atoms with van der Waals surface area (Å²) in [5, 5.41) is 15.4. The highest BCUT2D eigenvalue weighted by Crippen LogP contribution is 2.33. The number of anilines is 1. The number of amides is 1. The van der Waals surface area contributed by atoms with Crippen LogP contribution in [0.2, 0.25) is 0 Å². The molecule has 10 heteroatoms. The van der Waals surface area contributed by atoms with Crippen molar-refractivity contribution in [2.45, 2.75) is 31.6 Å². The molecule has 2 saturated heterocycles. The number of hydrogen-bond donors (Lipinski definition) is 0. The molecule has 0 bridgehead atoms. The van der Waals surface area contributed by atoms with Gasteiger partial charge in [-0.15, -0.1) is 0 Å². The summed E-state index contributed by atoms with van der Waals surface area (Å²) in [6, 6.07) is 12.8. The van der Waals surface area contributed by atoms with E-state index in [4.69, 9.17) is 4.52 Å². The summed E-state index contributed by atoms with van der Waals surface area (Å²) in [6.07, 6.45) is 2.97. The Kier molecular flexibility index (Phi) is 6.43. The van der Waals surface area contributed by atoms with E-state index in [0.29, 0.717) is 62.0 Å². The first kappa shape index (κ1) is 22.9. The summed E-state index contributed by atoms with van der Waals surface area (Å²) in [5.41, 5.74) is 1.24. The van der Waals surface area contributed by atoms with Crippen molar-refractivity contribution < 1.29 is 18.6 Å². The van der Waals surface area contributed by atoms with Gasteiger partial charge in [-0.1, -0.05) is 29.4 Å². The predicted molar refractivity (Wildman–Crippen MR) is 126 cm³/mol. The second kappa shape index (κ2) is 9.81. The predicted octanol–water partition coefficient (Wildman–Crippen LogP) is 4.41. The molecule has 1 unspecified atom stereocenters. The van der Waals surface area contributed by atoms with Crippen molar-refractivity contribution in [2.24, 2.45) is 5.92 Å². The number of likely N-dealkylation sites (tertiary alicyclic amines) is 1. The quantitative estimate of drug-likeness (QED) is 0.394. The van der Waals surface area contributed by atoms with Crippen LogP contribution in [-0.4, -0.2) is 52.1 Å². The molecule has 1 atom stereocenters. The van der Waals surface area contributed by atoms with E-state index in [9.17, 15) is 19.3 Å². The highest BCUT2D eigenvalue weighted by Gasteiger charge is 2.34. The van der Waals surface area contributed by atoms with Crippen LogP contribution in [0.4, 0.5) is 15.8 Å². The third-order valence-corrected chi connectivity index (χ3v) is 6.87. The van der Waals surface area contributed by atoms with Crippen LogP contribution in [0.1, 0.15) is 37.5 Å². The van der Waals surface area contributed by atoms with Gasteiger partial charge < -0.3 is 14.3 Å². The molecule has 2 aromatic carbocycles. The summed E-state index contributed by atoms with van der Waals surface area (Å²) in [4.78, 5) is 32.7. The Balaban J connectivity index is 1.21. The van der Waals surface area contributed by atoms with Crippen molar-refractivity contribution in [3.05, 3.63) is 70.4 Å². The zero-order chi connectivity index (χ0) is 24.4. The minimum atomic E-state index is -0.365. The molecular formula is C25H26FN5O4. The average molecular weight is 480 g/mol. The summed E-state index contributed by atoms with van der Waals surface area (Å²) in [6.45, 7) is 2.39. The first-order chi connectivity index (χ1) is 17.0. The topological polar surface area (TPSA) is 106 Å². The van der Waals surface area contributed by atoms with Gasteiger partial charge in [0, 0.05) is 43.7 Å². The molecule has 2 fully saturated rings. The second-order valence-corrected chi connectivity index (χ2v) is 9.10. The molecule has 3 heterocycles. The Morgan fingerprint density at radius 1 is 1.09 bits per heavy atom. The number of carbonyl (C=O) groups excluding carboxylic acids is 1. The number of para-hydroxylation sites is 2. The van der Waals surface area contributed by atoms with E-state index < -0.39 is 0 Å². The van der Waals surface area contributed by atoms with Gasteiger partial charge in [0.25, 0.3) is 5.69 Å². The molecule has 35 heavy (non-hydrogen) atoms.